The minimum absolute atomic E-state index is 0.569. The minimum Gasteiger partial charge on any atom is -0.478 e. The molecule has 2 N–H and O–H groups in total. The van der Waals surface area contributed by atoms with Crippen LogP contribution >= 0.6 is 0 Å². The first-order chi connectivity index (χ1) is 7.83. The van der Waals surface area contributed by atoms with Gasteiger partial charge in [0.1, 0.15) is 0 Å². The second-order valence-electron chi connectivity index (χ2n) is 3.96. The fourth-order valence-electron chi connectivity index (χ4n) is 1.92. The molecule has 5 nitrogen and oxygen atoms in total. The molecule has 88 valence electrons. The number of anilines is 1. The topological polar surface area (TPSA) is 64.3 Å². The third-order valence-electron chi connectivity index (χ3n) is 2.81. The first-order valence-electron chi connectivity index (χ1n) is 5.74. The number of rotatable bonds is 4. The molecular weight excluding hydrogens is 204 g/mol. The van der Waals surface area contributed by atoms with Gasteiger partial charge in [0.2, 0.25) is 11.8 Å². The maximum absolute atomic E-state index is 5.66. The first kappa shape index (κ1) is 11.1. The molecule has 0 bridgehead atoms. The number of aromatic nitrogens is 2. The fourth-order valence-corrected chi connectivity index (χ4v) is 1.92. The number of ether oxygens (including phenoxy) is 1. The predicted octanol–water partition coefficient (Wildman–Crippen LogP) is 0.660. The Labute approximate surface area is 95.6 Å². The van der Waals surface area contributed by atoms with Gasteiger partial charge in [-0.2, -0.15) is 4.98 Å². The Morgan fingerprint density at radius 1 is 1.62 bits per heavy atom. The number of hydrogen-bond acceptors (Lipinski definition) is 5. The van der Waals surface area contributed by atoms with E-state index in [1.165, 1.54) is 0 Å². The Balaban J connectivity index is 2.06. The molecule has 1 aliphatic rings. The van der Waals surface area contributed by atoms with Crippen LogP contribution in [0.5, 0.6) is 5.88 Å². The van der Waals surface area contributed by atoms with Crippen LogP contribution in [0.25, 0.3) is 0 Å². The minimum atomic E-state index is 0.569. The maximum atomic E-state index is 5.66. The van der Waals surface area contributed by atoms with E-state index >= 15 is 0 Å². The molecule has 0 aromatic carbocycles. The van der Waals surface area contributed by atoms with Crippen LogP contribution in [0, 0.1) is 5.92 Å². The number of nitrogens with zero attached hydrogens (tertiary/aromatic N) is 3. The van der Waals surface area contributed by atoms with Crippen LogP contribution in [0.1, 0.15) is 13.3 Å². The highest BCUT2D eigenvalue weighted by molar-refractivity contribution is 5.33. The molecule has 0 amide bonds. The molecule has 0 saturated carbocycles. The highest BCUT2D eigenvalue weighted by Crippen LogP contribution is 2.21. The van der Waals surface area contributed by atoms with Crippen LogP contribution < -0.4 is 15.4 Å². The SMILES string of the molecule is CCOc1ccnc(N2CCC(CN)C2)n1. The van der Waals surface area contributed by atoms with Gasteiger partial charge >= 0.3 is 0 Å². The molecule has 0 spiro atoms. The van der Waals surface area contributed by atoms with Crippen molar-refractivity contribution in [1.29, 1.82) is 0 Å². The molecule has 16 heavy (non-hydrogen) atoms. The average Bonchev–Trinajstić information content (AvgIpc) is 2.78. The van der Waals surface area contributed by atoms with Crippen molar-refractivity contribution in [2.45, 2.75) is 13.3 Å². The van der Waals surface area contributed by atoms with Gasteiger partial charge in [0.05, 0.1) is 6.61 Å². The van der Waals surface area contributed by atoms with Crippen molar-refractivity contribution >= 4 is 5.95 Å². The summed E-state index contributed by atoms with van der Waals surface area (Å²) in [7, 11) is 0. The van der Waals surface area contributed by atoms with Gasteiger partial charge in [-0.1, -0.05) is 0 Å². The van der Waals surface area contributed by atoms with Crippen LogP contribution in [0.4, 0.5) is 5.95 Å². The van der Waals surface area contributed by atoms with Crippen molar-refractivity contribution in [2.75, 3.05) is 31.1 Å². The molecule has 2 rings (SSSR count). The molecule has 1 aliphatic heterocycles. The van der Waals surface area contributed by atoms with Crippen LogP contribution in [-0.2, 0) is 0 Å². The number of hydrogen-bond donors (Lipinski definition) is 1. The monoisotopic (exact) mass is 222 g/mol. The number of nitrogens with two attached hydrogens (primary N) is 1. The summed E-state index contributed by atoms with van der Waals surface area (Å²) in [5, 5.41) is 0. The Bertz CT molecular complexity index is 345. The first-order valence-corrected chi connectivity index (χ1v) is 5.74. The lowest BCUT2D eigenvalue weighted by Crippen LogP contribution is -2.24. The standard InChI is InChI=1S/C11H18N4O/c1-2-16-10-3-5-13-11(14-10)15-6-4-9(7-12)8-15/h3,5,9H,2,4,6-8,12H2,1H3. The molecule has 1 saturated heterocycles. The fraction of sp³-hybridized carbons (Fsp3) is 0.636. The third kappa shape index (κ3) is 2.41. The molecular formula is C11H18N4O. The van der Waals surface area contributed by atoms with Crippen molar-refractivity contribution in [2.24, 2.45) is 11.7 Å². The zero-order chi connectivity index (χ0) is 11.4. The Morgan fingerprint density at radius 3 is 3.19 bits per heavy atom. The lowest BCUT2D eigenvalue weighted by Gasteiger charge is -2.16. The second-order valence-corrected chi connectivity index (χ2v) is 3.96. The summed E-state index contributed by atoms with van der Waals surface area (Å²) in [4.78, 5) is 10.8. The van der Waals surface area contributed by atoms with E-state index in [1.54, 1.807) is 12.3 Å². The van der Waals surface area contributed by atoms with Gasteiger partial charge in [-0.3, -0.25) is 0 Å². The Morgan fingerprint density at radius 2 is 2.50 bits per heavy atom. The summed E-state index contributed by atoms with van der Waals surface area (Å²) in [5.74, 6) is 1.96. The maximum Gasteiger partial charge on any atom is 0.228 e. The largest absolute Gasteiger partial charge is 0.478 e. The van der Waals surface area contributed by atoms with Crippen molar-refractivity contribution < 1.29 is 4.74 Å². The highest BCUT2D eigenvalue weighted by atomic mass is 16.5. The van der Waals surface area contributed by atoms with E-state index < -0.39 is 0 Å². The Kier molecular flexibility index (Phi) is 3.56. The van der Waals surface area contributed by atoms with E-state index in [-0.39, 0.29) is 0 Å². The molecule has 1 fully saturated rings. The van der Waals surface area contributed by atoms with Gasteiger partial charge in [-0.05, 0) is 25.8 Å². The highest BCUT2D eigenvalue weighted by Gasteiger charge is 2.23. The molecule has 0 radical (unpaired) electrons. The quantitative estimate of drug-likeness (QED) is 0.810. The summed E-state index contributed by atoms with van der Waals surface area (Å²) in [5.41, 5.74) is 5.66. The summed E-state index contributed by atoms with van der Waals surface area (Å²) >= 11 is 0. The summed E-state index contributed by atoms with van der Waals surface area (Å²) in [6, 6.07) is 1.78. The molecule has 2 heterocycles. The smallest absolute Gasteiger partial charge is 0.228 e. The predicted molar refractivity (Wildman–Crippen MR) is 62.6 cm³/mol. The molecule has 5 heteroatoms. The van der Waals surface area contributed by atoms with E-state index in [2.05, 4.69) is 14.9 Å². The van der Waals surface area contributed by atoms with Crippen molar-refractivity contribution in [3.63, 3.8) is 0 Å². The van der Waals surface area contributed by atoms with Crippen molar-refractivity contribution in [3.05, 3.63) is 12.3 Å². The zero-order valence-corrected chi connectivity index (χ0v) is 9.59. The van der Waals surface area contributed by atoms with Crippen LogP contribution in [0.15, 0.2) is 12.3 Å². The summed E-state index contributed by atoms with van der Waals surface area (Å²) in [6.07, 6.45) is 2.86. The van der Waals surface area contributed by atoms with Crippen molar-refractivity contribution in [1.82, 2.24) is 9.97 Å². The van der Waals surface area contributed by atoms with Crippen molar-refractivity contribution in [3.8, 4) is 5.88 Å². The van der Waals surface area contributed by atoms with Crippen LogP contribution in [0.2, 0.25) is 0 Å². The van der Waals surface area contributed by atoms with E-state index in [1.807, 2.05) is 6.92 Å². The average molecular weight is 222 g/mol. The summed E-state index contributed by atoms with van der Waals surface area (Å²) < 4.78 is 5.36. The van der Waals surface area contributed by atoms with Gasteiger partial charge in [0.25, 0.3) is 0 Å². The van der Waals surface area contributed by atoms with Crippen LogP contribution in [0.3, 0.4) is 0 Å². The van der Waals surface area contributed by atoms with E-state index in [4.69, 9.17) is 10.5 Å². The van der Waals surface area contributed by atoms with Gasteiger partial charge in [0.15, 0.2) is 0 Å². The molecule has 1 atom stereocenters. The zero-order valence-electron chi connectivity index (χ0n) is 9.59. The van der Waals surface area contributed by atoms with Gasteiger partial charge in [-0.15, -0.1) is 0 Å². The normalized spacial score (nSPS) is 20.1. The van der Waals surface area contributed by atoms with Gasteiger partial charge < -0.3 is 15.4 Å². The second kappa shape index (κ2) is 5.12. The van der Waals surface area contributed by atoms with Crippen LogP contribution in [-0.4, -0.2) is 36.2 Å². The summed E-state index contributed by atoms with van der Waals surface area (Å²) in [6.45, 7) is 5.25. The van der Waals surface area contributed by atoms with E-state index in [0.717, 1.165) is 32.0 Å². The lowest BCUT2D eigenvalue weighted by molar-refractivity contribution is 0.326. The lowest BCUT2D eigenvalue weighted by atomic mass is 10.1. The Hall–Kier alpha value is -1.36. The van der Waals surface area contributed by atoms with Gasteiger partial charge in [0, 0.05) is 25.4 Å². The molecule has 1 unspecified atom stereocenters. The molecule has 1 aromatic rings. The molecule has 1 aromatic heterocycles. The van der Waals surface area contributed by atoms with E-state index in [0.29, 0.717) is 18.4 Å². The third-order valence-corrected chi connectivity index (χ3v) is 2.81. The van der Waals surface area contributed by atoms with Gasteiger partial charge in [-0.25, -0.2) is 4.98 Å². The van der Waals surface area contributed by atoms with E-state index in [9.17, 15) is 0 Å². The molecule has 0 aliphatic carbocycles.